The zero-order chi connectivity index (χ0) is 11.7. The van der Waals surface area contributed by atoms with Gasteiger partial charge in [-0.25, -0.2) is 0 Å². The molecular formula is C14H22O. The summed E-state index contributed by atoms with van der Waals surface area (Å²) >= 11 is 0. The third kappa shape index (κ3) is 3.78. The maximum absolute atomic E-state index is 9.41. The Kier molecular flexibility index (Phi) is 7.43. The lowest BCUT2D eigenvalue weighted by Crippen LogP contribution is -2.26. The Bertz CT molecular complexity index is 377. The first-order valence-electron chi connectivity index (χ1n) is 5.86. The van der Waals surface area contributed by atoms with Gasteiger partial charge in [0.15, 0.2) is 0 Å². The number of benzene rings is 1. The van der Waals surface area contributed by atoms with Gasteiger partial charge in [-0.15, -0.1) is 0 Å². The van der Waals surface area contributed by atoms with Gasteiger partial charge in [0.1, 0.15) is 5.75 Å². The molecule has 0 saturated heterocycles. The Hall–Kier alpha value is -1.24. The summed E-state index contributed by atoms with van der Waals surface area (Å²) in [5.41, 5.74) is 0. The van der Waals surface area contributed by atoms with Crippen LogP contribution in [0.25, 0.3) is 12.2 Å². The van der Waals surface area contributed by atoms with Crippen LogP contribution in [0.2, 0.25) is 0 Å². The SMILES string of the molecule is CC.CC.Oc1cccc2c1=CCCC=2. The number of fused-ring (bicyclic) bond motifs is 1. The molecule has 1 aromatic rings. The molecule has 84 valence electrons. The molecule has 1 heteroatoms. The van der Waals surface area contributed by atoms with Crippen LogP contribution in [0.5, 0.6) is 5.75 Å². The van der Waals surface area contributed by atoms with E-state index in [2.05, 4.69) is 12.2 Å². The first-order chi connectivity index (χ1) is 7.38. The van der Waals surface area contributed by atoms with E-state index in [0.717, 1.165) is 23.3 Å². The lowest BCUT2D eigenvalue weighted by Gasteiger charge is -2.00. The summed E-state index contributed by atoms with van der Waals surface area (Å²) in [6.45, 7) is 8.00. The van der Waals surface area contributed by atoms with Crippen molar-refractivity contribution in [3.8, 4) is 5.75 Å². The minimum Gasteiger partial charge on any atom is -0.507 e. The van der Waals surface area contributed by atoms with Crippen LogP contribution in [-0.2, 0) is 0 Å². The lowest BCUT2D eigenvalue weighted by atomic mass is 10.1. The predicted molar refractivity (Wildman–Crippen MR) is 68.2 cm³/mol. The van der Waals surface area contributed by atoms with Crippen LogP contribution in [0.4, 0.5) is 0 Å². The molecule has 0 aliphatic heterocycles. The molecule has 15 heavy (non-hydrogen) atoms. The molecule has 0 spiro atoms. The Morgan fingerprint density at radius 3 is 2.13 bits per heavy atom. The largest absolute Gasteiger partial charge is 0.507 e. The second-order valence-electron chi connectivity index (χ2n) is 2.77. The molecule has 0 amide bonds. The first kappa shape index (κ1) is 13.8. The highest BCUT2D eigenvalue weighted by atomic mass is 16.3. The summed E-state index contributed by atoms with van der Waals surface area (Å²) in [5, 5.41) is 11.6. The van der Waals surface area contributed by atoms with Gasteiger partial charge in [-0.2, -0.15) is 0 Å². The number of hydrogen-bond donors (Lipinski definition) is 1. The van der Waals surface area contributed by atoms with Gasteiger partial charge in [-0.3, -0.25) is 0 Å². The summed E-state index contributed by atoms with van der Waals surface area (Å²) in [6.07, 6.45) is 6.39. The van der Waals surface area contributed by atoms with E-state index >= 15 is 0 Å². The van der Waals surface area contributed by atoms with E-state index in [0.29, 0.717) is 5.75 Å². The summed E-state index contributed by atoms with van der Waals surface area (Å²) in [5.74, 6) is 0.401. The van der Waals surface area contributed by atoms with Crippen molar-refractivity contribution in [2.75, 3.05) is 0 Å². The molecule has 0 atom stereocenters. The highest BCUT2D eigenvalue weighted by molar-refractivity contribution is 5.43. The molecule has 0 radical (unpaired) electrons. The van der Waals surface area contributed by atoms with E-state index in [1.165, 1.54) is 0 Å². The normalized spacial score (nSPS) is 11.5. The van der Waals surface area contributed by atoms with E-state index < -0.39 is 0 Å². The van der Waals surface area contributed by atoms with Gasteiger partial charge in [0, 0.05) is 5.22 Å². The smallest absolute Gasteiger partial charge is 0.123 e. The second kappa shape index (κ2) is 8.10. The van der Waals surface area contributed by atoms with Crippen molar-refractivity contribution in [2.24, 2.45) is 0 Å². The van der Waals surface area contributed by atoms with Gasteiger partial charge in [-0.1, -0.05) is 52.0 Å². The molecule has 1 aromatic carbocycles. The topological polar surface area (TPSA) is 20.2 Å². The highest BCUT2D eigenvalue weighted by Gasteiger charge is 1.95. The van der Waals surface area contributed by atoms with E-state index in [-0.39, 0.29) is 0 Å². The second-order valence-corrected chi connectivity index (χ2v) is 2.77. The molecule has 0 aromatic heterocycles. The number of phenolic OH excluding ortho intramolecular Hbond substituents is 1. The number of aromatic hydroxyl groups is 1. The van der Waals surface area contributed by atoms with E-state index in [4.69, 9.17) is 0 Å². The van der Waals surface area contributed by atoms with Gasteiger partial charge in [-0.05, 0) is 24.1 Å². The van der Waals surface area contributed by atoms with Gasteiger partial charge in [0.05, 0.1) is 0 Å². The summed E-state index contributed by atoms with van der Waals surface area (Å²) in [7, 11) is 0. The minimum absolute atomic E-state index is 0.401. The lowest BCUT2D eigenvalue weighted by molar-refractivity contribution is 0.470. The van der Waals surface area contributed by atoms with Crippen molar-refractivity contribution >= 4 is 12.2 Å². The van der Waals surface area contributed by atoms with Gasteiger partial charge in [0.25, 0.3) is 0 Å². The zero-order valence-electron chi connectivity index (χ0n) is 10.2. The van der Waals surface area contributed by atoms with Crippen molar-refractivity contribution in [3.63, 3.8) is 0 Å². The molecule has 0 heterocycles. The third-order valence-corrected chi connectivity index (χ3v) is 2.00. The molecular weight excluding hydrogens is 184 g/mol. The van der Waals surface area contributed by atoms with Crippen molar-refractivity contribution in [1.82, 2.24) is 0 Å². The van der Waals surface area contributed by atoms with Crippen molar-refractivity contribution in [1.29, 1.82) is 0 Å². The average Bonchev–Trinajstić information content (AvgIpc) is 2.35. The summed E-state index contributed by atoms with van der Waals surface area (Å²) in [6, 6.07) is 5.64. The van der Waals surface area contributed by atoms with Crippen LogP contribution in [0, 0.1) is 0 Å². The van der Waals surface area contributed by atoms with E-state index in [1.807, 2.05) is 39.8 Å². The molecule has 1 aliphatic carbocycles. The summed E-state index contributed by atoms with van der Waals surface area (Å²) < 4.78 is 0. The number of hydrogen-bond acceptors (Lipinski definition) is 1. The highest BCUT2D eigenvalue weighted by Crippen LogP contribution is 2.00. The Morgan fingerprint density at radius 2 is 1.53 bits per heavy atom. The number of phenols is 1. The van der Waals surface area contributed by atoms with Crippen LogP contribution >= 0.6 is 0 Å². The van der Waals surface area contributed by atoms with Gasteiger partial charge < -0.3 is 5.11 Å². The van der Waals surface area contributed by atoms with Crippen LogP contribution in [0.3, 0.4) is 0 Å². The standard InChI is InChI=1S/C10H10O.2C2H6/c11-10-7-3-5-8-4-1-2-6-9(8)10;2*1-2/h3-7,11H,1-2H2;2*1-2H3. The molecule has 1 aliphatic rings. The molecule has 1 nitrogen and oxygen atoms in total. The van der Waals surface area contributed by atoms with Gasteiger partial charge in [0.2, 0.25) is 0 Å². The molecule has 0 unspecified atom stereocenters. The minimum atomic E-state index is 0.401. The summed E-state index contributed by atoms with van der Waals surface area (Å²) in [4.78, 5) is 0. The first-order valence-corrected chi connectivity index (χ1v) is 5.86. The molecule has 0 saturated carbocycles. The van der Waals surface area contributed by atoms with Crippen LogP contribution in [0.1, 0.15) is 40.5 Å². The molecule has 0 bridgehead atoms. The molecule has 2 rings (SSSR count). The fourth-order valence-corrected chi connectivity index (χ4v) is 1.44. The monoisotopic (exact) mass is 206 g/mol. The van der Waals surface area contributed by atoms with Crippen LogP contribution < -0.4 is 10.4 Å². The quantitative estimate of drug-likeness (QED) is 0.692. The fraction of sp³-hybridized carbons (Fsp3) is 0.429. The van der Waals surface area contributed by atoms with Gasteiger partial charge >= 0.3 is 0 Å². The van der Waals surface area contributed by atoms with Crippen molar-refractivity contribution in [2.45, 2.75) is 40.5 Å². The van der Waals surface area contributed by atoms with E-state index in [9.17, 15) is 5.11 Å². The fourth-order valence-electron chi connectivity index (χ4n) is 1.44. The number of rotatable bonds is 0. The Balaban J connectivity index is 0.000000442. The Labute approximate surface area is 92.8 Å². The van der Waals surface area contributed by atoms with Crippen LogP contribution in [-0.4, -0.2) is 5.11 Å². The van der Waals surface area contributed by atoms with Crippen molar-refractivity contribution in [3.05, 3.63) is 28.6 Å². The third-order valence-electron chi connectivity index (χ3n) is 2.00. The maximum atomic E-state index is 9.41. The average molecular weight is 206 g/mol. The molecule has 0 fully saturated rings. The van der Waals surface area contributed by atoms with Crippen LogP contribution in [0.15, 0.2) is 18.2 Å². The zero-order valence-corrected chi connectivity index (χ0v) is 10.2. The maximum Gasteiger partial charge on any atom is 0.123 e. The molecule has 1 N–H and O–H groups in total. The predicted octanol–water partition coefficient (Wildman–Crippen LogP) is 2.80. The van der Waals surface area contributed by atoms with E-state index in [1.54, 1.807) is 6.07 Å². The van der Waals surface area contributed by atoms with Crippen molar-refractivity contribution < 1.29 is 5.11 Å². The Morgan fingerprint density at radius 1 is 0.933 bits per heavy atom.